The van der Waals surface area contributed by atoms with Crippen molar-refractivity contribution in [3.05, 3.63) is 97.3 Å². The van der Waals surface area contributed by atoms with Gasteiger partial charge in [0.15, 0.2) is 0 Å². The van der Waals surface area contributed by atoms with Gasteiger partial charge in [-0.05, 0) is 46.8 Å². The molecule has 0 unspecified atom stereocenters. The van der Waals surface area contributed by atoms with Gasteiger partial charge in [-0.15, -0.1) is 0 Å². The van der Waals surface area contributed by atoms with E-state index in [1.165, 1.54) is 21.9 Å². The third-order valence-corrected chi connectivity index (χ3v) is 4.74. The molecule has 2 aromatic heterocycles. The summed E-state index contributed by atoms with van der Waals surface area (Å²) in [5.41, 5.74) is 4.42. The Kier molecular flexibility index (Phi) is 3.76. The highest BCUT2D eigenvalue weighted by atomic mass is 15.0. The van der Waals surface area contributed by atoms with Gasteiger partial charge in [-0.2, -0.15) is 0 Å². The third kappa shape index (κ3) is 3.00. The smallest absolute Gasteiger partial charge is 0.131 e. The fourth-order valence-electron chi connectivity index (χ4n) is 3.38. The number of nitrogens with one attached hydrogen (secondary N) is 1. The van der Waals surface area contributed by atoms with Crippen molar-refractivity contribution in [3.8, 4) is 11.1 Å². The highest BCUT2D eigenvalue weighted by molar-refractivity contribution is 5.97. The summed E-state index contributed by atoms with van der Waals surface area (Å²) < 4.78 is 0. The van der Waals surface area contributed by atoms with E-state index in [2.05, 4.69) is 71.0 Å². The van der Waals surface area contributed by atoms with Crippen molar-refractivity contribution in [1.29, 1.82) is 0 Å². The normalized spacial score (nSPS) is 11.0. The molecule has 5 aromatic rings. The van der Waals surface area contributed by atoms with E-state index in [-0.39, 0.29) is 0 Å². The molecule has 128 valence electrons. The van der Waals surface area contributed by atoms with E-state index in [9.17, 15) is 0 Å². The largest absolute Gasteiger partial charge is 0.340 e. The molecule has 0 saturated carbocycles. The molecule has 0 aliphatic carbocycles. The van der Waals surface area contributed by atoms with Gasteiger partial charge in [0.05, 0.1) is 5.52 Å². The van der Waals surface area contributed by atoms with Crippen LogP contribution in [0.15, 0.2) is 97.3 Å². The molecule has 0 atom stereocenters. The summed E-state index contributed by atoms with van der Waals surface area (Å²) in [4.78, 5) is 8.83. The molecule has 27 heavy (non-hydrogen) atoms. The Bertz CT molecular complexity index is 1250. The van der Waals surface area contributed by atoms with E-state index in [1.807, 2.05) is 30.5 Å². The molecule has 3 heteroatoms. The van der Waals surface area contributed by atoms with Crippen LogP contribution in [0.5, 0.6) is 0 Å². The van der Waals surface area contributed by atoms with Crippen molar-refractivity contribution in [2.75, 3.05) is 5.32 Å². The van der Waals surface area contributed by atoms with E-state index in [4.69, 9.17) is 4.98 Å². The summed E-state index contributed by atoms with van der Waals surface area (Å²) in [7, 11) is 0. The fourth-order valence-corrected chi connectivity index (χ4v) is 3.38. The first kappa shape index (κ1) is 15.5. The fraction of sp³-hybridized carbons (Fsp3) is 0. The van der Waals surface area contributed by atoms with Crippen molar-refractivity contribution in [2.45, 2.75) is 0 Å². The first-order valence-corrected chi connectivity index (χ1v) is 8.93. The second-order valence-corrected chi connectivity index (χ2v) is 6.50. The summed E-state index contributed by atoms with van der Waals surface area (Å²) in [5, 5.41) is 6.88. The van der Waals surface area contributed by atoms with E-state index in [0.29, 0.717) is 0 Å². The molecular weight excluding hydrogens is 330 g/mol. The number of pyridine rings is 2. The van der Waals surface area contributed by atoms with Crippen LogP contribution in [0.1, 0.15) is 0 Å². The van der Waals surface area contributed by atoms with E-state index in [1.54, 1.807) is 6.20 Å². The summed E-state index contributed by atoms with van der Waals surface area (Å²) >= 11 is 0. The zero-order valence-corrected chi connectivity index (χ0v) is 14.6. The van der Waals surface area contributed by atoms with Crippen molar-refractivity contribution >= 4 is 33.2 Å². The second-order valence-electron chi connectivity index (χ2n) is 6.50. The van der Waals surface area contributed by atoms with E-state index < -0.39 is 0 Å². The molecule has 0 fully saturated rings. The monoisotopic (exact) mass is 347 g/mol. The molecule has 0 radical (unpaired) electrons. The number of nitrogens with zero attached hydrogens (tertiary/aromatic N) is 2. The Morgan fingerprint density at radius 3 is 2.52 bits per heavy atom. The van der Waals surface area contributed by atoms with Crippen LogP contribution in [-0.2, 0) is 0 Å². The number of aromatic nitrogens is 2. The van der Waals surface area contributed by atoms with Gasteiger partial charge < -0.3 is 5.32 Å². The first-order valence-electron chi connectivity index (χ1n) is 8.93. The zero-order valence-electron chi connectivity index (χ0n) is 14.6. The molecule has 3 aromatic carbocycles. The molecule has 3 nitrogen and oxygen atoms in total. The molecule has 0 aliphatic heterocycles. The summed E-state index contributed by atoms with van der Waals surface area (Å²) in [6.45, 7) is 0. The van der Waals surface area contributed by atoms with Crippen LogP contribution >= 0.6 is 0 Å². The maximum absolute atomic E-state index is 4.69. The Balaban J connectivity index is 1.54. The van der Waals surface area contributed by atoms with Crippen molar-refractivity contribution in [1.82, 2.24) is 9.97 Å². The van der Waals surface area contributed by atoms with Crippen molar-refractivity contribution < 1.29 is 0 Å². The molecular formula is C24H17N3. The Morgan fingerprint density at radius 1 is 0.667 bits per heavy atom. The topological polar surface area (TPSA) is 37.8 Å². The Labute approximate surface area is 157 Å². The van der Waals surface area contributed by atoms with Gasteiger partial charge in [-0.25, -0.2) is 4.98 Å². The quantitative estimate of drug-likeness (QED) is 0.422. The highest BCUT2D eigenvalue weighted by Crippen LogP contribution is 2.30. The summed E-state index contributed by atoms with van der Waals surface area (Å²) in [6.07, 6.45) is 3.59. The number of fused-ring (bicyclic) bond motifs is 2. The van der Waals surface area contributed by atoms with Crippen molar-refractivity contribution in [3.63, 3.8) is 0 Å². The van der Waals surface area contributed by atoms with Crippen LogP contribution in [0.2, 0.25) is 0 Å². The van der Waals surface area contributed by atoms with E-state index in [0.717, 1.165) is 22.4 Å². The van der Waals surface area contributed by atoms with Gasteiger partial charge >= 0.3 is 0 Å². The van der Waals surface area contributed by atoms with Gasteiger partial charge in [-0.1, -0.05) is 54.6 Å². The molecule has 1 N–H and O–H groups in total. The predicted octanol–water partition coefficient (Wildman–Crippen LogP) is 6.19. The minimum atomic E-state index is 0.827. The van der Waals surface area contributed by atoms with Gasteiger partial charge in [0.25, 0.3) is 0 Å². The molecule has 5 rings (SSSR count). The van der Waals surface area contributed by atoms with E-state index >= 15 is 0 Å². The van der Waals surface area contributed by atoms with Gasteiger partial charge in [0.2, 0.25) is 0 Å². The zero-order chi connectivity index (χ0) is 18.1. The highest BCUT2D eigenvalue weighted by Gasteiger charge is 2.05. The molecule has 0 saturated heterocycles. The molecule has 0 amide bonds. The third-order valence-electron chi connectivity index (χ3n) is 4.74. The van der Waals surface area contributed by atoms with Gasteiger partial charge in [0.1, 0.15) is 5.82 Å². The lowest BCUT2D eigenvalue weighted by molar-refractivity contribution is 1.32. The van der Waals surface area contributed by atoms with Crippen LogP contribution in [-0.4, -0.2) is 9.97 Å². The standard InChI is InChI=1S/C24H17N3/c1-2-5-17(6-3-1)18-9-11-21-19(15-18)7-4-8-23(21)27-24-12-10-20-16-25-14-13-22(20)26-24/h1-16H,(H,26,27). The number of anilines is 2. The average molecular weight is 347 g/mol. The maximum atomic E-state index is 4.69. The number of hydrogen-bond donors (Lipinski definition) is 1. The first-order chi connectivity index (χ1) is 13.4. The maximum Gasteiger partial charge on any atom is 0.131 e. The van der Waals surface area contributed by atoms with Crippen LogP contribution in [0.4, 0.5) is 11.5 Å². The Morgan fingerprint density at radius 2 is 1.59 bits per heavy atom. The Hall–Kier alpha value is -3.72. The molecule has 0 aliphatic rings. The number of hydrogen-bond acceptors (Lipinski definition) is 3. The van der Waals surface area contributed by atoms with Crippen LogP contribution in [0, 0.1) is 0 Å². The van der Waals surface area contributed by atoms with Crippen LogP contribution < -0.4 is 5.32 Å². The van der Waals surface area contributed by atoms with Gasteiger partial charge in [-0.3, -0.25) is 4.98 Å². The molecule has 0 spiro atoms. The molecule has 2 heterocycles. The lowest BCUT2D eigenvalue weighted by Gasteiger charge is -2.11. The van der Waals surface area contributed by atoms with Crippen LogP contribution in [0.25, 0.3) is 32.8 Å². The number of benzene rings is 3. The minimum Gasteiger partial charge on any atom is -0.340 e. The predicted molar refractivity (Wildman–Crippen MR) is 112 cm³/mol. The summed E-state index contributed by atoms with van der Waals surface area (Å²) in [6, 6.07) is 29.3. The summed E-state index contributed by atoms with van der Waals surface area (Å²) in [5.74, 6) is 0.827. The average Bonchev–Trinajstić information content (AvgIpc) is 2.74. The lowest BCUT2D eigenvalue weighted by Crippen LogP contribution is -1.95. The van der Waals surface area contributed by atoms with Crippen LogP contribution in [0.3, 0.4) is 0 Å². The lowest BCUT2D eigenvalue weighted by atomic mass is 10.0. The van der Waals surface area contributed by atoms with Gasteiger partial charge in [0, 0.05) is 28.9 Å². The second kappa shape index (κ2) is 6.54. The molecule has 0 bridgehead atoms. The number of rotatable bonds is 3. The van der Waals surface area contributed by atoms with Crippen molar-refractivity contribution in [2.24, 2.45) is 0 Å². The minimum absolute atomic E-state index is 0.827. The SMILES string of the molecule is c1ccc(-c2ccc3c(Nc4ccc5cnccc5n4)cccc3c2)cc1.